The normalized spacial score (nSPS) is 12.0. The molecule has 0 fully saturated rings. The van der Waals surface area contributed by atoms with Crippen LogP contribution in [0.2, 0.25) is 0 Å². The lowest BCUT2D eigenvalue weighted by atomic mass is 9.99. The monoisotopic (exact) mass is 438 g/mol. The standard InChI is InChI=1S/C24H26N2O4S/c1-30-22-14-12-21(13-15-22)23(20-10-6-3-7-11-20)26-24(27)25-16-17-31(28,29)18-19-8-4-2-5-9-19/h2-15,23H,16-18H2,1H3,(H2,25,26,27). The van der Waals surface area contributed by atoms with Crippen LogP contribution < -0.4 is 15.4 Å². The number of hydrogen-bond acceptors (Lipinski definition) is 4. The zero-order valence-corrected chi connectivity index (χ0v) is 18.1. The Morgan fingerprint density at radius 3 is 2.06 bits per heavy atom. The summed E-state index contributed by atoms with van der Waals surface area (Å²) in [6.45, 7) is 0.0329. The molecule has 0 aliphatic carbocycles. The van der Waals surface area contributed by atoms with E-state index in [9.17, 15) is 13.2 Å². The highest BCUT2D eigenvalue weighted by atomic mass is 32.2. The van der Waals surface area contributed by atoms with Gasteiger partial charge in [-0.3, -0.25) is 0 Å². The highest BCUT2D eigenvalue weighted by Gasteiger charge is 2.18. The number of urea groups is 1. The van der Waals surface area contributed by atoms with Gasteiger partial charge in [-0.2, -0.15) is 0 Å². The van der Waals surface area contributed by atoms with Crippen LogP contribution in [0.3, 0.4) is 0 Å². The Morgan fingerprint density at radius 1 is 0.871 bits per heavy atom. The van der Waals surface area contributed by atoms with Crippen LogP contribution in [0.4, 0.5) is 4.79 Å². The summed E-state index contributed by atoms with van der Waals surface area (Å²) < 4.78 is 29.9. The summed E-state index contributed by atoms with van der Waals surface area (Å²) in [6, 6.07) is 25.2. The minimum atomic E-state index is -3.33. The van der Waals surface area contributed by atoms with Crippen molar-refractivity contribution in [3.05, 3.63) is 102 Å². The number of sulfone groups is 1. The Hall–Kier alpha value is -3.32. The fraction of sp³-hybridized carbons (Fsp3) is 0.208. The molecule has 31 heavy (non-hydrogen) atoms. The first-order valence-corrected chi connectivity index (χ1v) is 11.8. The number of hydrogen-bond donors (Lipinski definition) is 2. The third kappa shape index (κ3) is 6.86. The number of amides is 2. The average Bonchev–Trinajstić information content (AvgIpc) is 2.78. The van der Waals surface area contributed by atoms with Crippen molar-refractivity contribution in [2.75, 3.05) is 19.4 Å². The summed E-state index contributed by atoms with van der Waals surface area (Å²) in [4.78, 5) is 12.5. The van der Waals surface area contributed by atoms with E-state index < -0.39 is 15.9 Å². The van der Waals surface area contributed by atoms with Gasteiger partial charge in [-0.25, -0.2) is 13.2 Å². The number of carbonyl (C=O) groups excluding carboxylic acids is 1. The van der Waals surface area contributed by atoms with E-state index in [1.807, 2.05) is 60.7 Å². The third-order valence-electron chi connectivity index (χ3n) is 4.79. The molecular weight excluding hydrogens is 412 g/mol. The Kier molecular flexibility index (Phi) is 7.67. The van der Waals surface area contributed by atoms with Crippen molar-refractivity contribution in [3.8, 4) is 5.75 Å². The molecule has 0 heterocycles. The second-order valence-corrected chi connectivity index (χ2v) is 9.28. The molecule has 0 saturated carbocycles. The first-order chi connectivity index (χ1) is 15.0. The molecule has 0 spiro atoms. The molecule has 2 N–H and O–H groups in total. The predicted octanol–water partition coefficient (Wildman–Crippen LogP) is 3.70. The van der Waals surface area contributed by atoms with Crippen LogP contribution in [0.1, 0.15) is 22.7 Å². The van der Waals surface area contributed by atoms with Crippen molar-refractivity contribution in [1.82, 2.24) is 10.6 Å². The zero-order valence-electron chi connectivity index (χ0n) is 17.3. The molecule has 3 aromatic rings. The van der Waals surface area contributed by atoms with Gasteiger partial charge in [0.25, 0.3) is 0 Å². The number of rotatable bonds is 9. The summed E-state index contributed by atoms with van der Waals surface area (Å²) in [6.07, 6.45) is 0. The minimum Gasteiger partial charge on any atom is -0.497 e. The molecule has 3 aromatic carbocycles. The van der Waals surface area contributed by atoms with Gasteiger partial charge in [0.1, 0.15) is 5.75 Å². The SMILES string of the molecule is COc1ccc(C(NC(=O)NCCS(=O)(=O)Cc2ccccc2)c2ccccc2)cc1. The number of ether oxygens (including phenoxy) is 1. The fourth-order valence-corrected chi connectivity index (χ4v) is 4.46. The molecule has 0 aromatic heterocycles. The van der Waals surface area contributed by atoms with Crippen molar-refractivity contribution in [2.24, 2.45) is 0 Å². The predicted molar refractivity (Wildman–Crippen MR) is 122 cm³/mol. The summed E-state index contributed by atoms with van der Waals surface area (Å²) in [5.41, 5.74) is 2.54. The van der Waals surface area contributed by atoms with Crippen molar-refractivity contribution in [2.45, 2.75) is 11.8 Å². The lowest BCUT2D eigenvalue weighted by Crippen LogP contribution is -2.40. The van der Waals surface area contributed by atoms with E-state index in [0.717, 1.165) is 22.4 Å². The maximum Gasteiger partial charge on any atom is 0.315 e. The summed E-state index contributed by atoms with van der Waals surface area (Å²) in [5, 5.41) is 5.60. The van der Waals surface area contributed by atoms with Gasteiger partial charge in [0.05, 0.1) is 24.7 Å². The highest BCUT2D eigenvalue weighted by Crippen LogP contribution is 2.24. The molecule has 0 aliphatic heterocycles. The molecule has 1 atom stereocenters. The van der Waals surface area contributed by atoms with Gasteiger partial charge in [-0.15, -0.1) is 0 Å². The number of methoxy groups -OCH3 is 1. The molecular formula is C24H26N2O4S. The van der Waals surface area contributed by atoms with E-state index in [-0.39, 0.29) is 24.1 Å². The first-order valence-electron chi connectivity index (χ1n) is 9.94. The van der Waals surface area contributed by atoms with Crippen LogP contribution >= 0.6 is 0 Å². The molecule has 0 aliphatic rings. The minimum absolute atomic E-state index is 0.0329. The maximum atomic E-state index is 12.5. The van der Waals surface area contributed by atoms with Gasteiger partial charge in [0.15, 0.2) is 9.84 Å². The molecule has 162 valence electrons. The maximum absolute atomic E-state index is 12.5. The van der Waals surface area contributed by atoms with Crippen LogP contribution in [-0.4, -0.2) is 33.9 Å². The lowest BCUT2D eigenvalue weighted by molar-refractivity contribution is 0.239. The van der Waals surface area contributed by atoms with Crippen LogP contribution in [0, 0.1) is 0 Å². The van der Waals surface area contributed by atoms with E-state index >= 15 is 0 Å². The third-order valence-corrected chi connectivity index (χ3v) is 6.38. The van der Waals surface area contributed by atoms with Gasteiger partial charge < -0.3 is 15.4 Å². The van der Waals surface area contributed by atoms with Gasteiger partial charge >= 0.3 is 6.03 Å². The molecule has 0 radical (unpaired) electrons. The fourth-order valence-electron chi connectivity index (χ4n) is 3.20. The summed E-state index contributed by atoms with van der Waals surface area (Å²) in [5.74, 6) is 0.548. The second kappa shape index (κ2) is 10.6. The van der Waals surface area contributed by atoms with Gasteiger partial charge in [-0.05, 0) is 28.8 Å². The van der Waals surface area contributed by atoms with E-state index in [1.54, 1.807) is 31.4 Å². The molecule has 2 amide bonds. The summed E-state index contributed by atoms with van der Waals surface area (Å²) in [7, 11) is -1.73. The van der Waals surface area contributed by atoms with E-state index in [1.165, 1.54) is 0 Å². The Balaban J connectivity index is 1.61. The van der Waals surface area contributed by atoms with E-state index in [0.29, 0.717) is 0 Å². The zero-order chi connectivity index (χ0) is 22.1. The molecule has 0 bridgehead atoms. The van der Waals surface area contributed by atoms with Crippen LogP contribution in [-0.2, 0) is 15.6 Å². The van der Waals surface area contributed by atoms with Gasteiger partial charge in [0, 0.05) is 6.54 Å². The van der Waals surface area contributed by atoms with Crippen molar-refractivity contribution >= 4 is 15.9 Å². The summed E-state index contributed by atoms with van der Waals surface area (Å²) >= 11 is 0. The van der Waals surface area contributed by atoms with Crippen molar-refractivity contribution in [1.29, 1.82) is 0 Å². The molecule has 1 unspecified atom stereocenters. The molecule has 3 rings (SSSR count). The average molecular weight is 439 g/mol. The Morgan fingerprint density at radius 2 is 1.45 bits per heavy atom. The molecule has 6 nitrogen and oxygen atoms in total. The van der Waals surface area contributed by atoms with E-state index in [2.05, 4.69) is 10.6 Å². The quantitative estimate of drug-likeness (QED) is 0.534. The Labute approximate surface area is 183 Å². The van der Waals surface area contributed by atoms with Crippen LogP contribution in [0.5, 0.6) is 5.75 Å². The van der Waals surface area contributed by atoms with Crippen molar-refractivity contribution < 1.29 is 17.9 Å². The topological polar surface area (TPSA) is 84.5 Å². The second-order valence-electron chi connectivity index (χ2n) is 7.09. The Bertz CT molecular complexity index is 1070. The number of nitrogens with one attached hydrogen (secondary N) is 2. The van der Waals surface area contributed by atoms with Gasteiger partial charge in [-0.1, -0.05) is 72.8 Å². The first kappa shape index (κ1) is 22.4. The molecule has 7 heteroatoms. The highest BCUT2D eigenvalue weighted by molar-refractivity contribution is 7.90. The van der Waals surface area contributed by atoms with Crippen molar-refractivity contribution in [3.63, 3.8) is 0 Å². The largest absolute Gasteiger partial charge is 0.497 e. The van der Waals surface area contributed by atoms with Gasteiger partial charge in [0.2, 0.25) is 0 Å². The molecule has 0 saturated heterocycles. The number of benzene rings is 3. The van der Waals surface area contributed by atoms with Crippen LogP contribution in [0.15, 0.2) is 84.9 Å². The van der Waals surface area contributed by atoms with E-state index in [4.69, 9.17) is 4.74 Å². The lowest BCUT2D eigenvalue weighted by Gasteiger charge is -2.20. The van der Waals surface area contributed by atoms with Crippen LogP contribution in [0.25, 0.3) is 0 Å². The smallest absolute Gasteiger partial charge is 0.315 e. The number of carbonyl (C=O) groups is 1.